The zero-order valence-electron chi connectivity index (χ0n) is 15.0. The Labute approximate surface area is 153 Å². The normalized spacial score (nSPS) is 17.1. The zero-order valence-corrected chi connectivity index (χ0v) is 15.8. The monoisotopic (exact) mass is 361 g/mol. The summed E-state index contributed by atoms with van der Waals surface area (Å²) in [6.45, 7) is 8.61. The molecular weight excluding hydrogens is 334 g/mol. The first kappa shape index (κ1) is 18.3. The fourth-order valence-electron chi connectivity index (χ4n) is 3.25. The molecule has 5 nitrogen and oxygen atoms in total. The van der Waals surface area contributed by atoms with Gasteiger partial charge in [-0.25, -0.2) is 4.98 Å². The van der Waals surface area contributed by atoms with Gasteiger partial charge >= 0.3 is 0 Å². The number of carbonyl (C=O) groups is 1. The lowest BCUT2D eigenvalue weighted by atomic mass is 10.0. The van der Waals surface area contributed by atoms with E-state index in [1.165, 1.54) is 4.70 Å². The Hall–Kier alpha value is -1.50. The van der Waals surface area contributed by atoms with Crippen molar-refractivity contribution in [2.75, 3.05) is 32.8 Å². The van der Waals surface area contributed by atoms with Crippen LogP contribution in [0.5, 0.6) is 0 Å². The van der Waals surface area contributed by atoms with E-state index in [4.69, 9.17) is 4.74 Å². The summed E-state index contributed by atoms with van der Waals surface area (Å²) in [5.74, 6) is 0.612. The minimum atomic E-state index is 0.109. The van der Waals surface area contributed by atoms with Gasteiger partial charge < -0.3 is 10.1 Å². The number of hydrogen-bond donors (Lipinski definition) is 1. The fraction of sp³-hybridized carbons (Fsp3) is 0.579. The number of para-hydroxylation sites is 1. The molecule has 1 aromatic carbocycles. The van der Waals surface area contributed by atoms with Crippen LogP contribution in [0.25, 0.3) is 10.2 Å². The highest BCUT2D eigenvalue weighted by Gasteiger charge is 2.24. The van der Waals surface area contributed by atoms with Crippen molar-refractivity contribution in [3.63, 3.8) is 0 Å². The smallest absolute Gasteiger partial charge is 0.220 e. The van der Waals surface area contributed by atoms with Crippen LogP contribution in [0.2, 0.25) is 0 Å². The van der Waals surface area contributed by atoms with E-state index in [9.17, 15) is 4.79 Å². The third kappa shape index (κ3) is 5.00. The molecule has 1 aliphatic rings. The molecule has 25 heavy (non-hydrogen) atoms. The van der Waals surface area contributed by atoms with Gasteiger partial charge in [0.15, 0.2) is 0 Å². The fourth-order valence-corrected chi connectivity index (χ4v) is 4.22. The van der Waals surface area contributed by atoms with Gasteiger partial charge in [-0.15, -0.1) is 11.3 Å². The maximum atomic E-state index is 12.3. The van der Waals surface area contributed by atoms with Crippen LogP contribution in [-0.4, -0.2) is 54.7 Å². The van der Waals surface area contributed by atoms with Gasteiger partial charge in [-0.05, 0) is 18.1 Å². The predicted octanol–water partition coefficient (Wildman–Crippen LogP) is 2.70. The molecule has 3 rings (SSSR count). The van der Waals surface area contributed by atoms with Gasteiger partial charge in [0.25, 0.3) is 0 Å². The summed E-state index contributed by atoms with van der Waals surface area (Å²) >= 11 is 1.68. The van der Waals surface area contributed by atoms with Gasteiger partial charge in [0.05, 0.1) is 28.4 Å². The molecule has 1 aromatic heterocycles. The number of amides is 1. The van der Waals surface area contributed by atoms with E-state index < -0.39 is 0 Å². The van der Waals surface area contributed by atoms with Gasteiger partial charge in [0.2, 0.25) is 5.91 Å². The first-order valence-corrected chi connectivity index (χ1v) is 9.88. The van der Waals surface area contributed by atoms with Crippen molar-refractivity contribution in [3.05, 3.63) is 29.3 Å². The van der Waals surface area contributed by atoms with Crippen LogP contribution in [0.4, 0.5) is 0 Å². The number of nitrogens with one attached hydrogen (secondary N) is 1. The largest absolute Gasteiger partial charge is 0.379 e. The topological polar surface area (TPSA) is 54.5 Å². The van der Waals surface area contributed by atoms with Crippen molar-refractivity contribution < 1.29 is 9.53 Å². The van der Waals surface area contributed by atoms with Crippen LogP contribution in [0.15, 0.2) is 24.3 Å². The number of morpholine rings is 1. The number of ether oxygens (including phenoxy) is 1. The van der Waals surface area contributed by atoms with Gasteiger partial charge in [0, 0.05) is 38.5 Å². The molecule has 1 saturated heterocycles. The molecule has 0 saturated carbocycles. The number of thiazole rings is 1. The highest BCUT2D eigenvalue weighted by molar-refractivity contribution is 7.18. The number of rotatable bonds is 7. The summed E-state index contributed by atoms with van der Waals surface area (Å²) in [4.78, 5) is 19.3. The van der Waals surface area contributed by atoms with Gasteiger partial charge in [-0.1, -0.05) is 26.0 Å². The molecule has 2 aromatic rings. The Bertz CT molecular complexity index is 662. The van der Waals surface area contributed by atoms with Crippen LogP contribution in [0.3, 0.4) is 0 Å². The average Bonchev–Trinajstić information content (AvgIpc) is 3.04. The molecule has 1 N–H and O–H groups in total. The summed E-state index contributed by atoms with van der Waals surface area (Å²) in [6, 6.07) is 8.48. The summed E-state index contributed by atoms with van der Waals surface area (Å²) in [7, 11) is 0. The lowest BCUT2D eigenvalue weighted by molar-refractivity contribution is -0.121. The Morgan fingerprint density at radius 2 is 2.08 bits per heavy atom. The van der Waals surface area contributed by atoms with E-state index in [1.807, 2.05) is 18.2 Å². The second-order valence-electron chi connectivity index (χ2n) is 6.84. The molecule has 1 aliphatic heterocycles. The number of aryl methyl sites for hydroxylation is 1. The quantitative estimate of drug-likeness (QED) is 0.824. The first-order chi connectivity index (χ1) is 12.1. The molecule has 0 spiro atoms. The van der Waals surface area contributed by atoms with Crippen molar-refractivity contribution in [2.24, 2.45) is 5.92 Å². The SMILES string of the molecule is CC(C)[C@@H](CNC(=O)CCc1nc2ccccc2s1)N1CCOCC1. The van der Waals surface area contributed by atoms with Crippen LogP contribution < -0.4 is 5.32 Å². The third-order valence-corrected chi connectivity index (χ3v) is 5.79. The molecule has 136 valence electrons. The number of aromatic nitrogens is 1. The minimum Gasteiger partial charge on any atom is -0.379 e. The van der Waals surface area contributed by atoms with Crippen molar-refractivity contribution in [2.45, 2.75) is 32.7 Å². The second-order valence-corrected chi connectivity index (χ2v) is 7.95. The lowest BCUT2D eigenvalue weighted by Crippen LogP contribution is -2.51. The Kier molecular flexibility index (Phi) is 6.39. The lowest BCUT2D eigenvalue weighted by Gasteiger charge is -2.36. The van der Waals surface area contributed by atoms with E-state index in [-0.39, 0.29) is 5.91 Å². The minimum absolute atomic E-state index is 0.109. The molecule has 1 atom stereocenters. The zero-order chi connectivity index (χ0) is 17.6. The second kappa shape index (κ2) is 8.74. The van der Waals surface area contributed by atoms with Crippen LogP contribution in [0.1, 0.15) is 25.3 Å². The molecule has 0 radical (unpaired) electrons. The van der Waals surface area contributed by atoms with E-state index in [1.54, 1.807) is 11.3 Å². The van der Waals surface area contributed by atoms with Crippen LogP contribution in [0, 0.1) is 5.92 Å². The van der Waals surface area contributed by atoms with Gasteiger partial charge in [-0.3, -0.25) is 9.69 Å². The molecule has 0 bridgehead atoms. The Morgan fingerprint density at radius 1 is 1.32 bits per heavy atom. The van der Waals surface area contributed by atoms with E-state index in [0.717, 1.165) is 36.8 Å². The number of benzene rings is 1. The van der Waals surface area contributed by atoms with Crippen molar-refractivity contribution >= 4 is 27.5 Å². The number of hydrogen-bond acceptors (Lipinski definition) is 5. The molecule has 0 unspecified atom stereocenters. The predicted molar refractivity (Wildman–Crippen MR) is 102 cm³/mol. The molecule has 1 fully saturated rings. The van der Waals surface area contributed by atoms with Crippen molar-refractivity contribution in [1.82, 2.24) is 15.2 Å². The van der Waals surface area contributed by atoms with E-state index >= 15 is 0 Å². The maximum absolute atomic E-state index is 12.3. The van der Waals surface area contributed by atoms with E-state index in [2.05, 4.69) is 35.1 Å². The summed E-state index contributed by atoms with van der Waals surface area (Å²) in [6.07, 6.45) is 1.20. The van der Waals surface area contributed by atoms with Crippen molar-refractivity contribution in [3.8, 4) is 0 Å². The molecule has 0 aliphatic carbocycles. The molecule has 2 heterocycles. The summed E-state index contributed by atoms with van der Waals surface area (Å²) in [5.41, 5.74) is 1.02. The third-order valence-electron chi connectivity index (χ3n) is 4.70. The number of nitrogens with zero attached hydrogens (tertiary/aromatic N) is 2. The number of carbonyl (C=O) groups excluding carboxylic acids is 1. The highest BCUT2D eigenvalue weighted by atomic mass is 32.1. The molecule has 1 amide bonds. The van der Waals surface area contributed by atoms with Gasteiger partial charge in [0.1, 0.15) is 0 Å². The Balaban J connectivity index is 1.47. The van der Waals surface area contributed by atoms with E-state index in [0.29, 0.717) is 31.3 Å². The molecular formula is C19H27N3O2S. The number of fused-ring (bicyclic) bond motifs is 1. The van der Waals surface area contributed by atoms with Crippen LogP contribution in [-0.2, 0) is 16.0 Å². The van der Waals surface area contributed by atoms with Crippen LogP contribution >= 0.6 is 11.3 Å². The summed E-state index contributed by atoms with van der Waals surface area (Å²) < 4.78 is 6.62. The first-order valence-electron chi connectivity index (χ1n) is 9.06. The Morgan fingerprint density at radius 3 is 2.80 bits per heavy atom. The maximum Gasteiger partial charge on any atom is 0.220 e. The van der Waals surface area contributed by atoms with Gasteiger partial charge in [-0.2, -0.15) is 0 Å². The highest BCUT2D eigenvalue weighted by Crippen LogP contribution is 2.22. The average molecular weight is 362 g/mol. The van der Waals surface area contributed by atoms with Crippen molar-refractivity contribution in [1.29, 1.82) is 0 Å². The standard InChI is InChI=1S/C19H27N3O2S/c1-14(2)16(22-9-11-24-12-10-22)13-20-18(23)7-8-19-21-15-5-3-4-6-17(15)25-19/h3-6,14,16H,7-13H2,1-2H3,(H,20,23)/t16-/m1/s1. The summed E-state index contributed by atoms with van der Waals surface area (Å²) in [5, 5.41) is 4.15. The molecule has 6 heteroatoms.